The molecule has 0 aliphatic rings. The fraction of sp³-hybridized carbons (Fsp3) is 0.333. The van der Waals surface area contributed by atoms with Crippen molar-refractivity contribution in [2.24, 2.45) is 5.73 Å². The van der Waals surface area contributed by atoms with E-state index in [1.165, 1.54) is 14.2 Å². The van der Waals surface area contributed by atoms with Crippen molar-refractivity contribution < 1.29 is 14.6 Å². The topological polar surface area (TPSA) is 64.7 Å². The van der Waals surface area contributed by atoms with Crippen LogP contribution in [-0.2, 0) is 6.54 Å². The van der Waals surface area contributed by atoms with Gasteiger partial charge in [-0.2, -0.15) is 0 Å². The summed E-state index contributed by atoms with van der Waals surface area (Å²) in [5.41, 5.74) is 5.81. The number of benzene rings is 1. The predicted octanol–water partition coefficient (Wildman–Crippen LogP) is 2.60. The minimum absolute atomic E-state index is 0. The second-order valence-electron chi connectivity index (χ2n) is 2.73. The van der Waals surface area contributed by atoms with E-state index >= 15 is 0 Å². The lowest BCUT2D eigenvalue weighted by molar-refractivity contribution is 0.380. The van der Waals surface area contributed by atoms with Gasteiger partial charge in [0, 0.05) is 6.54 Å². The maximum absolute atomic E-state index is 9.72. The molecule has 0 spiro atoms. The lowest BCUT2D eigenvalue weighted by Gasteiger charge is -2.15. The lowest BCUT2D eigenvalue weighted by Crippen LogP contribution is -2.02. The number of hydrogen-bond acceptors (Lipinski definition) is 4. The Labute approximate surface area is 110 Å². The minimum atomic E-state index is -0.169. The number of hydrogen-bond donors (Lipinski definition) is 2. The number of methoxy groups -OCH3 is 2. The van der Waals surface area contributed by atoms with Crippen molar-refractivity contribution in [3.05, 3.63) is 15.6 Å². The van der Waals surface area contributed by atoms with E-state index in [4.69, 9.17) is 38.4 Å². The smallest absolute Gasteiger partial charge is 0.163 e. The van der Waals surface area contributed by atoms with Crippen LogP contribution >= 0.6 is 35.6 Å². The molecular weight excluding hydrogens is 276 g/mol. The fourth-order valence-electron chi connectivity index (χ4n) is 1.26. The molecule has 3 N–H and O–H groups in total. The number of halogens is 3. The van der Waals surface area contributed by atoms with E-state index in [-0.39, 0.29) is 46.2 Å². The molecule has 0 bridgehead atoms. The Bertz CT molecular complexity index is 385. The molecule has 0 aliphatic heterocycles. The van der Waals surface area contributed by atoms with Crippen LogP contribution in [0.3, 0.4) is 0 Å². The van der Waals surface area contributed by atoms with Gasteiger partial charge in [0.25, 0.3) is 0 Å². The quantitative estimate of drug-likeness (QED) is 0.897. The van der Waals surface area contributed by atoms with E-state index in [0.717, 1.165) is 0 Å². The zero-order valence-corrected chi connectivity index (χ0v) is 11.0. The zero-order chi connectivity index (χ0) is 11.6. The van der Waals surface area contributed by atoms with Crippen molar-refractivity contribution in [1.82, 2.24) is 0 Å². The van der Waals surface area contributed by atoms with Crippen LogP contribution in [0.15, 0.2) is 0 Å². The third-order valence-electron chi connectivity index (χ3n) is 1.98. The first-order valence-electron chi connectivity index (χ1n) is 4.09. The number of nitrogens with two attached hydrogens (primary N) is 1. The van der Waals surface area contributed by atoms with Gasteiger partial charge in [0.1, 0.15) is 21.5 Å². The molecule has 4 nitrogen and oxygen atoms in total. The summed E-state index contributed by atoms with van der Waals surface area (Å²) in [4.78, 5) is 0. The van der Waals surface area contributed by atoms with E-state index in [2.05, 4.69) is 0 Å². The van der Waals surface area contributed by atoms with Gasteiger partial charge in [0.05, 0.1) is 19.8 Å². The average molecular weight is 289 g/mol. The highest BCUT2D eigenvalue weighted by atomic mass is 35.5. The second-order valence-corrected chi connectivity index (χ2v) is 3.48. The number of aromatic hydroxyl groups is 1. The summed E-state index contributed by atoms with van der Waals surface area (Å²) in [5, 5.41) is 9.94. The van der Waals surface area contributed by atoms with Crippen LogP contribution in [0.1, 0.15) is 5.56 Å². The minimum Gasteiger partial charge on any atom is -0.506 e. The molecule has 0 radical (unpaired) electrons. The lowest BCUT2D eigenvalue weighted by atomic mass is 10.1. The van der Waals surface area contributed by atoms with Crippen molar-refractivity contribution in [3.8, 4) is 17.2 Å². The van der Waals surface area contributed by atoms with Crippen LogP contribution in [0.25, 0.3) is 0 Å². The normalized spacial score (nSPS) is 9.56. The van der Waals surface area contributed by atoms with Crippen LogP contribution in [0.2, 0.25) is 10.0 Å². The molecule has 0 unspecified atom stereocenters. The predicted molar refractivity (Wildman–Crippen MR) is 66.4 cm³/mol. The Balaban J connectivity index is 0.00000225. The molecule has 0 fully saturated rings. The zero-order valence-electron chi connectivity index (χ0n) is 8.71. The van der Waals surface area contributed by atoms with E-state index in [9.17, 15) is 5.11 Å². The van der Waals surface area contributed by atoms with Gasteiger partial charge in [-0.1, -0.05) is 23.2 Å². The van der Waals surface area contributed by atoms with Crippen LogP contribution in [0, 0.1) is 0 Å². The first kappa shape index (κ1) is 15.4. The summed E-state index contributed by atoms with van der Waals surface area (Å²) < 4.78 is 9.99. The number of rotatable bonds is 3. The van der Waals surface area contributed by atoms with Crippen molar-refractivity contribution in [3.63, 3.8) is 0 Å². The summed E-state index contributed by atoms with van der Waals surface area (Å²) >= 11 is 11.8. The van der Waals surface area contributed by atoms with Gasteiger partial charge in [-0.15, -0.1) is 12.4 Å². The molecular formula is C9H12Cl3NO3. The molecule has 92 valence electrons. The van der Waals surface area contributed by atoms with Crippen LogP contribution < -0.4 is 15.2 Å². The van der Waals surface area contributed by atoms with Gasteiger partial charge in [0.2, 0.25) is 0 Å². The average Bonchev–Trinajstić information content (AvgIpc) is 2.23. The van der Waals surface area contributed by atoms with Gasteiger partial charge in [-0.05, 0) is 0 Å². The number of phenols is 1. The van der Waals surface area contributed by atoms with E-state index in [0.29, 0.717) is 5.56 Å². The van der Waals surface area contributed by atoms with Gasteiger partial charge >= 0.3 is 0 Å². The van der Waals surface area contributed by atoms with Crippen LogP contribution in [0.5, 0.6) is 17.2 Å². The Kier molecular flexibility index (Phi) is 6.04. The molecule has 1 rings (SSSR count). The Hall–Kier alpha value is -0.550. The molecule has 1 aromatic rings. The molecule has 7 heteroatoms. The first-order valence-corrected chi connectivity index (χ1v) is 4.84. The van der Waals surface area contributed by atoms with Crippen molar-refractivity contribution >= 4 is 35.6 Å². The van der Waals surface area contributed by atoms with Crippen molar-refractivity contribution in [1.29, 1.82) is 0 Å². The van der Waals surface area contributed by atoms with E-state index < -0.39 is 0 Å². The summed E-state index contributed by atoms with van der Waals surface area (Å²) in [6, 6.07) is 0. The second kappa shape index (κ2) is 6.25. The Morgan fingerprint density at radius 3 is 2.00 bits per heavy atom. The molecule has 1 aromatic carbocycles. The van der Waals surface area contributed by atoms with Crippen LogP contribution in [-0.4, -0.2) is 19.3 Å². The van der Waals surface area contributed by atoms with Crippen LogP contribution in [0.4, 0.5) is 0 Å². The fourth-order valence-corrected chi connectivity index (χ4v) is 1.96. The molecule has 0 saturated heterocycles. The molecule has 16 heavy (non-hydrogen) atoms. The summed E-state index contributed by atoms with van der Waals surface area (Å²) in [6.45, 7) is 0.0679. The maximum Gasteiger partial charge on any atom is 0.163 e. The highest BCUT2D eigenvalue weighted by molar-refractivity contribution is 6.39. The van der Waals surface area contributed by atoms with Gasteiger partial charge in [0.15, 0.2) is 5.75 Å². The van der Waals surface area contributed by atoms with E-state index in [1.54, 1.807) is 0 Å². The largest absolute Gasteiger partial charge is 0.506 e. The monoisotopic (exact) mass is 287 g/mol. The number of ether oxygens (including phenoxy) is 2. The van der Waals surface area contributed by atoms with Crippen molar-refractivity contribution in [2.45, 2.75) is 6.54 Å². The van der Waals surface area contributed by atoms with Gasteiger partial charge in [-0.3, -0.25) is 0 Å². The first-order chi connectivity index (χ1) is 7.08. The molecule has 0 atom stereocenters. The van der Waals surface area contributed by atoms with Gasteiger partial charge in [-0.25, -0.2) is 0 Å². The molecule has 0 heterocycles. The Morgan fingerprint density at radius 1 is 1.12 bits per heavy atom. The third kappa shape index (κ3) is 2.40. The summed E-state index contributed by atoms with van der Waals surface area (Å²) in [5.74, 6) is 0.278. The van der Waals surface area contributed by atoms with E-state index in [1.807, 2.05) is 0 Å². The molecule has 0 saturated carbocycles. The SMILES string of the molecule is COc1c(Cl)c(O)c(CN)c(OC)c1Cl.Cl. The highest BCUT2D eigenvalue weighted by Gasteiger charge is 2.22. The third-order valence-corrected chi connectivity index (χ3v) is 2.67. The van der Waals surface area contributed by atoms with Crippen molar-refractivity contribution in [2.75, 3.05) is 14.2 Å². The highest BCUT2D eigenvalue weighted by Crippen LogP contribution is 2.48. The van der Waals surface area contributed by atoms with Gasteiger partial charge < -0.3 is 20.3 Å². The number of phenolic OH excluding ortho intramolecular Hbond substituents is 1. The molecule has 0 aromatic heterocycles. The maximum atomic E-state index is 9.72. The molecule has 0 amide bonds. The molecule has 0 aliphatic carbocycles. The summed E-state index contributed by atoms with van der Waals surface area (Å²) in [6.07, 6.45) is 0. The Morgan fingerprint density at radius 2 is 1.62 bits per heavy atom. The standard InChI is InChI=1S/C9H11Cl2NO3.ClH/c1-14-8-4(3-12)7(13)5(10)9(15-2)6(8)11;/h13H,3,12H2,1-2H3;1H. The summed E-state index contributed by atoms with van der Waals surface area (Å²) in [7, 11) is 2.82.